The zero-order valence-electron chi connectivity index (χ0n) is 4.44. The van der Waals surface area contributed by atoms with E-state index in [9.17, 15) is 9.59 Å². The summed E-state index contributed by atoms with van der Waals surface area (Å²) in [4.78, 5) is 22.4. The standard InChI is InChI=1S/C4H5NO4/c6-3(7)1-5-2-4(8)9/h1H,2H2,(H,6,7)(H,8,9)/b5-1+. The van der Waals surface area contributed by atoms with Crippen LogP contribution in [0.5, 0.6) is 0 Å². The molecule has 0 saturated carbocycles. The molecule has 0 atom stereocenters. The number of carboxylic acid groups (broad SMARTS) is 2. The molecule has 0 fully saturated rings. The van der Waals surface area contributed by atoms with Crippen molar-refractivity contribution in [2.75, 3.05) is 6.54 Å². The minimum absolute atomic E-state index is 0.494. The van der Waals surface area contributed by atoms with Gasteiger partial charge < -0.3 is 10.2 Å². The SMILES string of the molecule is O=C(O)/C=N/CC(=O)O. The average Bonchev–Trinajstić information content (AvgIpc) is 1.63. The Morgan fingerprint density at radius 3 is 2.33 bits per heavy atom. The Balaban J connectivity index is 3.48. The van der Waals surface area contributed by atoms with Crippen LogP contribution >= 0.6 is 0 Å². The van der Waals surface area contributed by atoms with E-state index >= 15 is 0 Å². The van der Waals surface area contributed by atoms with Crippen LogP contribution in [0.15, 0.2) is 4.99 Å². The molecule has 0 amide bonds. The maximum atomic E-state index is 9.67. The van der Waals surface area contributed by atoms with E-state index in [4.69, 9.17) is 10.2 Å². The van der Waals surface area contributed by atoms with Gasteiger partial charge in [0.15, 0.2) is 0 Å². The van der Waals surface area contributed by atoms with E-state index in [1.165, 1.54) is 0 Å². The number of hydrogen-bond donors (Lipinski definition) is 2. The molecule has 0 heterocycles. The van der Waals surface area contributed by atoms with E-state index in [1.54, 1.807) is 0 Å². The molecule has 0 aromatic rings. The molecule has 0 aliphatic rings. The Kier molecular flexibility index (Phi) is 3.04. The third-order valence-electron chi connectivity index (χ3n) is 0.428. The molecule has 0 radical (unpaired) electrons. The molecule has 0 aliphatic heterocycles. The summed E-state index contributed by atoms with van der Waals surface area (Å²) in [6.45, 7) is -0.494. The van der Waals surface area contributed by atoms with Crippen molar-refractivity contribution >= 4 is 18.2 Å². The van der Waals surface area contributed by atoms with Crippen molar-refractivity contribution in [1.82, 2.24) is 0 Å². The summed E-state index contributed by atoms with van der Waals surface area (Å²) in [5, 5.41) is 15.8. The van der Waals surface area contributed by atoms with Crippen molar-refractivity contribution in [2.24, 2.45) is 4.99 Å². The van der Waals surface area contributed by atoms with Gasteiger partial charge in [0.05, 0.1) is 0 Å². The van der Waals surface area contributed by atoms with E-state index in [-0.39, 0.29) is 0 Å². The fraction of sp³-hybridized carbons (Fsp3) is 0.250. The summed E-state index contributed by atoms with van der Waals surface area (Å²) >= 11 is 0. The maximum absolute atomic E-state index is 9.67. The lowest BCUT2D eigenvalue weighted by molar-refractivity contribution is -0.135. The first-order chi connectivity index (χ1) is 4.13. The Labute approximate surface area is 50.6 Å². The van der Waals surface area contributed by atoms with Gasteiger partial charge in [-0.2, -0.15) is 0 Å². The number of aliphatic imine (C=N–C) groups is 1. The van der Waals surface area contributed by atoms with Crippen molar-refractivity contribution in [2.45, 2.75) is 0 Å². The number of nitrogens with zero attached hydrogens (tertiary/aromatic N) is 1. The van der Waals surface area contributed by atoms with Crippen LogP contribution < -0.4 is 0 Å². The number of hydrogen-bond acceptors (Lipinski definition) is 3. The number of rotatable bonds is 3. The minimum Gasteiger partial charge on any atom is -0.480 e. The predicted octanol–water partition coefficient (Wildman–Crippen LogP) is -0.774. The minimum atomic E-state index is -1.24. The lowest BCUT2D eigenvalue weighted by atomic mass is 10.6. The molecule has 5 heteroatoms. The van der Waals surface area contributed by atoms with Crippen molar-refractivity contribution in [1.29, 1.82) is 0 Å². The van der Waals surface area contributed by atoms with Crippen molar-refractivity contribution in [3.05, 3.63) is 0 Å². The molecule has 0 aromatic carbocycles. The van der Waals surface area contributed by atoms with Gasteiger partial charge in [0.1, 0.15) is 12.8 Å². The second-order valence-electron chi connectivity index (χ2n) is 1.20. The molecule has 0 spiro atoms. The first-order valence-electron chi connectivity index (χ1n) is 2.07. The van der Waals surface area contributed by atoms with Crippen LogP contribution in [0.25, 0.3) is 0 Å². The summed E-state index contributed by atoms with van der Waals surface area (Å²) in [6.07, 6.45) is 0.550. The summed E-state index contributed by atoms with van der Waals surface area (Å²) < 4.78 is 0. The van der Waals surface area contributed by atoms with Crippen molar-refractivity contribution in [3.63, 3.8) is 0 Å². The summed E-state index contributed by atoms with van der Waals surface area (Å²) in [7, 11) is 0. The third-order valence-corrected chi connectivity index (χ3v) is 0.428. The highest BCUT2D eigenvalue weighted by atomic mass is 16.4. The predicted molar refractivity (Wildman–Crippen MR) is 28.6 cm³/mol. The van der Waals surface area contributed by atoms with Crippen molar-refractivity contribution in [3.8, 4) is 0 Å². The van der Waals surface area contributed by atoms with Gasteiger partial charge in [-0.15, -0.1) is 0 Å². The molecule has 9 heavy (non-hydrogen) atoms. The van der Waals surface area contributed by atoms with Gasteiger partial charge in [-0.1, -0.05) is 0 Å². The van der Waals surface area contributed by atoms with E-state index in [0.29, 0.717) is 6.21 Å². The van der Waals surface area contributed by atoms with Gasteiger partial charge in [-0.25, -0.2) is 4.79 Å². The summed E-state index contributed by atoms with van der Waals surface area (Å²) in [5.41, 5.74) is 0. The van der Waals surface area contributed by atoms with E-state index < -0.39 is 18.5 Å². The number of aliphatic carboxylic acids is 2. The van der Waals surface area contributed by atoms with E-state index in [1.807, 2.05) is 0 Å². The van der Waals surface area contributed by atoms with Crippen LogP contribution in [0.3, 0.4) is 0 Å². The molecular formula is C4H5NO4. The highest BCUT2D eigenvalue weighted by molar-refractivity contribution is 6.22. The fourth-order valence-corrected chi connectivity index (χ4v) is 0.202. The average molecular weight is 131 g/mol. The van der Waals surface area contributed by atoms with Crippen LogP contribution in [0.4, 0.5) is 0 Å². The first kappa shape index (κ1) is 7.61. The lowest BCUT2D eigenvalue weighted by Gasteiger charge is -1.80. The zero-order chi connectivity index (χ0) is 7.28. The maximum Gasteiger partial charge on any atom is 0.346 e. The summed E-state index contributed by atoms with van der Waals surface area (Å²) in [5.74, 6) is -2.39. The number of carboxylic acids is 2. The molecular weight excluding hydrogens is 126 g/mol. The molecule has 5 nitrogen and oxygen atoms in total. The third kappa shape index (κ3) is 6.61. The molecule has 0 aromatic heterocycles. The normalized spacial score (nSPS) is 9.78. The van der Waals surface area contributed by atoms with Gasteiger partial charge in [0, 0.05) is 0 Å². The lowest BCUT2D eigenvalue weighted by Crippen LogP contribution is -2.02. The van der Waals surface area contributed by atoms with Gasteiger partial charge in [-0.05, 0) is 0 Å². The highest BCUT2D eigenvalue weighted by Crippen LogP contribution is 1.66. The Morgan fingerprint density at radius 2 is 2.00 bits per heavy atom. The van der Waals surface area contributed by atoms with Gasteiger partial charge >= 0.3 is 11.9 Å². The number of carbonyl (C=O) groups is 2. The Hall–Kier alpha value is -1.39. The molecule has 0 saturated heterocycles. The second-order valence-corrected chi connectivity index (χ2v) is 1.20. The Morgan fingerprint density at radius 1 is 1.44 bits per heavy atom. The van der Waals surface area contributed by atoms with Gasteiger partial charge in [0.2, 0.25) is 0 Å². The van der Waals surface area contributed by atoms with E-state index in [0.717, 1.165) is 0 Å². The van der Waals surface area contributed by atoms with Gasteiger partial charge in [0.25, 0.3) is 0 Å². The fourth-order valence-electron chi connectivity index (χ4n) is 0.202. The zero-order valence-corrected chi connectivity index (χ0v) is 4.44. The Bertz CT molecular complexity index is 151. The topological polar surface area (TPSA) is 87.0 Å². The molecule has 50 valence electrons. The molecule has 0 bridgehead atoms. The van der Waals surface area contributed by atoms with Crippen LogP contribution in [-0.2, 0) is 9.59 Å². The summed E-state index contributed by atoms with van der Waals surface area (Å²) in [6, 6.07) is 0. The van der Waals surface area contributed by atoms with Crippen LogP contribution in [0.2, 0.25) is 0 Å². The van der Waals surface area contributed by atoms with Gasteiger partial charge in [-0.3, -0.25) is 9.79 Å². The van der Waals surface area contributed by atoms with Crippen LogP contribution in [0.1, 0.15) is 0 Å². The first-order valence-corrected chi connectivity index (χ1v) is 2.07. The van der Waals surface area contributed by atoms with Crippen molar-refractivity contribution < 1.29 is 19.8 Å². The highest BCUT2D eigenvalue weighted by Gasteiger charge is 1.91. The smallest absolute Gasteiger partial charge is 0.346 e. The molecule has 2 N–H and O–H groups in total. The second kappa shape index (κ2) is 3.59. The molecule has 0 rings (SSSR count). The quantitative estimate of drug-likeness (QED) is 0.492. The monoisotopic (exact) mass is 131 g/mol. The van der Waals surface area contributed by atoms with Crippen LogP contribution in [0, 0.1) is 0 Å². The van der Waals surface area contributed by atoms with E-state index in [2.05, 4.69) is 4.99 Å². The van der Waals surface area contributed by atoms with Crippen LogP contribution in [-0.4, -0.2) is 34.9 Å². The molecule has 0 unspecified atom stereocenters. The molecule has 0 aliphatic carbocycles. The largest absolute Gasteiger partial charge is 0.480 e.